The van der Waals surface area contributed by atoms with E-state index in [-0.39, 0.29) is 29.0 Å². The van der Waals surface area contributed by atoms with Crippen molar-refractivity contribution in [1.82, 2.24) is 9.97 Å². The van der Waals surface area contributed by atoms with E-state index >= 15 is 0 Å². The SMILES string of the molecule is CC(C)c1ccccc1-c1nc(NS(=O)(=O)c2ccccc2)cnc1-c1cccc([C@@H]2CC[C@H](OC(F)(F)F)C2)c1. The van der Waals surface area contributed by atoms with Gasteiger partial charge in [0.05, 0.1) is 28.6 Å². The summed E-state index contributed by atoms with van der Waals surface area (Å²) in [6, 6.07) is 23.3. The lowest BCUT2D eigenvalue weighted by atomic mass is 9.91. The van der Waals surface area contributed by atoms with Crippen molar-refractivity contribution in [3.05, 3.63) is 96.2 Å². The Bertz CT molecular complexity index is 1630. The summed E-state index contributed by atoms with van der Waals surface area (Å²) >= 11 is 0. The number of aromatic nitrogens is 2. The Morgan fingerprint density at radius 3 is 2.39 bits per heavy atom. The second-order valence-corrected chi connectivity index (χ2v) is 12.1. The highest BCUT2D eigenvalue weighted by atomic mass is 32.2. The number of hydrogen-bond donors (Lipinski definition) is 1. The third-order valence-electron chi connectivity index (χ3n) is 7.22. The lowest BCUT2D eigenvalue weighted by Crippen LogP contribution is -2.21. The normalized spacial score (nSPS) is 17.6. The summed E-state index contributed by atoms with van der Waals surface area (Å²) in [6.45, 7) is 4.13. The fourth-order valence-corrected chi connectivity index (χ4v) is 6.34. The number of ether oxygens (including phenoxy) is 1. The van der Waals surface area contributed by atoms with E-state index in [0.717, 1.165) is 22.3 Å². The fraction of sp³-hybridized carbons (Fsp3) is 0.290. The van der Waals surface area contributed by atoms with Crippen LogP contribution in [0.2, 0.25) is 0 Å². The summed E-state index contributed by atoms with van der Waals surface area (Å²) in [4.78, 5) is 9.53. The highest BCUT2D eigenvalue weighted by Crippen LogP contribution is 2.41. The topological polar surface area (TPSA) is 81.2 Å². The standard InChI is InChI=1S/C31H30F3N3O3S/c1-20(2)26-13-6-7-14-27(26)30-29(35-19-28(36-30)37-41(38,39)25-11-4-3-5-12-25)23-10-8-9-21(17-23)22-15-16-24(18-22)40-31(32,33)34/h3-14,17,19-20,22,24H,15-16,18H2,1-2H3,(H,36,37)/t22-,24+/m1/s1. The van der Waals surface area contributed by atoms with Crippen LogP contribution in [-0.2, 0) is 14.8 Å². The molecule has 1 fully saturated rings. The molecule has 1 saturated carbocycles. The van der Waals surface area contributed by atoms with Gasteiger partial charge in [-0.25, -0.2) is 13.4 Å². The number of hydrogen-bond acceptors (Lipinski definition) is 5. The quantitative estimate of drug-likeness (QED) is 0.229. The Balaban J connectivity index is 1.54. The summed E-state index contributed by atoms with van der Waals surface area (Å²) < 4.78 is 71.2. The predicted molar refractivity (Wildman–Crippen MR) is 152 cm³/mol. The molecule has 2 atom stereocenters. The van der Waals surface area contributed by atoms with Gasteiger partial charge in [0.15, 0.2) is 5.82 Å². The Labute approximate surface area is 237 Å². The van der Waals surface area contributed by atoms with Crippen molar-refractivity contribution in [2.75, 3.05) is 4.72 Å². The summed E-state index contributed by atoms with van der Waals surface area (Å²) in [5, 5.41) is 0. The lowest BCUT2D eigenvalue weighted by molar-refractivity contribution is -0.341. The molecule has 0 spiro atoms. The lowest BCUT2D eigenvalue weighted by Gasteiger charge is -2.18. The zero-order valence-electron chi connectivity index (χ0n) is 22.6. The molecule has 0 bridgehead atoms. The highest BCUT2D eigenvalue weighted by molar-refractivity contribution is 7.92. The number of sulfonamides is 1. The van der Waals surface area contributed by atoms with Crippen LogP contribution in [0.25, 0.3) is 22.5 Å². The van der Waals surface area contributed by atoms with Crippen molar-refractivity contribution in [1.29, 1.82) is 0 Å². The van der Waals surface area contributed by atoms with Gasteiger partial charge in [-0.05, 0) is 60.4 Å². The molecule has 1 aliphatic rings. The van der Waals surface area contributed by atoms with Gasteiger partial charge >= 0.3 is 6.36 Å². The second kappa shape index (κ2) is 11.6. The van der Waals surface area contributed by atoms with Gasteiger partial charge in [0, 0.05) is 11.1 Å². The Morgan fingerprint density at radius 1 is 0.927 bits per heavy atom. The fourth-order valence-electron chi connectivity index (χ4n) is 5.33. The maximum Gasteiger partial charge on any atom is 0.522 e. The number of halogens is 3. The molecule has 10 heteroatoms. The molecule has 0 aliphatic heterocycles. The van der Waals surface area contributed by atoms with E-state index in [1.165, 1.54) is 18.3 Å². The third kappa shape index (κ3) is 6.77. The van der Waals surface area contributed by atoms with Crippen LogP contribution < -0.4 is 4.72 Å². The number of alkyl halides is 3. The van der Waals surface area contributed by atoms with Crippen molar-refractivity contribution < 1.29 is 26.3 Å². The Hall–Kier alpha value is -3.76. The summed E-state index contributed by atoms with van der Waals surface area (Å²) in [5.41, 5.74) is 4.52. The van der Waals surface area contributed by atoms with E-state index < -0.39 is 22.5 Å². The minimum absolute atomic E-state index is 0.0743. The first kappa shape index (κ1) is 28.8. The molecule has 1 aliphatic carbocycles. The molecule has 1 heterocycles. The van der Waals surface area contributed by atoms with Crippen molar-refractivity contribution in [2.24, 2.45) is 0 Å². The first-order valence-electron chi connectivity index (χ1n) is 13.4. The number of anilines is 1. The van der Waals surface area contributed by atoms with Gasteiger partial charge in [-0.3, -0.25) is 14.4 Å². The van der Waals surface area contributed by atoms with Crippen LogP contribution in [0.4, 0.5) is 19.0 Å². The minimum Gasteiger partial charge on any atom is -0.289 e. The van der Waals surface area contributed by atoms with Crippen molar-refractivity contribution >= 4 is 15.8 Å². The summed E-state index contributed by atoms with van der Waals surface area (Å²) in [7, 11) is -3.90. The minimum atomic E-state index is -4.65. The van der Waals surface area contributed by atoms with Crippen LogP contribution >= 0.6 is 0 Å². The van der Waals surface area contributed by atoms with Crippen LogP contribution in [0.5, 0.6) is 0 Å². The first-order valence-corrected chi connectivity index (χ1v) is 14.9. The van der Waals surface area contributed by atoms with E-state index in [1.54, 1.807) is 18.2 Å². The average Bonchev–Trinajstić information content (AvgIpc) is 3.40. The van der Waals surface area contributed by atoms with Crippen LogP contribution in [0.1, 0.15) is 56.1 Å². The van der Waals surface area contributed by atoms with Gasteiger partial charge in [-0.15, -0.1) is 13.2 Å². The molecule has 0 unspecified atom stereocenters. The Kier molecular flexibility index (Phi) is 8.15. The van der Waals surface area contributed by atoms with Crippen LogP contribution in [-0.4, -0.2) is 30.9 Å². The van der Waals surface area contributed by atoms with E-state index in [2.05, 4.69) is 28.3 Å². The molecule has 1 aromatic heterocycles. The molecule has 0 saturated heterocycles. The average molecular weight is 582 g/mol. The van der Waals surface area contributed by atoms with Gasteiger partial charge < -0.3 is 0 Å². The molecule has 41 heavy (non-hydrogen) atoms. The van der Waals surface area contributed by atoms with E-state index in [9.17, 15) is 21.6 Å². The van der Waals surface area contributed by atoms with Crippen LogP contribution in [0, 0.1) is 0 Å². The largest absolute Gasteiger partial charge is 0.522 e. The molecule has 0 amide bonds. The third-order valence-corrected chi connectivity index (χ3v) is 8.59. The maximum atomic E-state index is 13.0. The van der Waals surface area contributed by atoms with E-state index in [4.69, 9.17) is 4.98 Å². The molecule has 3 aromatic carbocycles. The first-order chi connectivity index (χ1) is 19.5. The molecule has 0 radical (unpaired) electrons. The van der Waals surface area contributed by atoms with Crippen LogP contribution in [0.15, 0.2) is 90.0 Å². The van der Waals surface area contributed by atoms with Crippen molar-refractivity contribution in [2.45, 2.75) is 62.3 Å². The number of rotatable bonds is 8. The number of benzene rings is 3. The zero-order chi connectivity index (χ0) is 29.2. The smallest absolute Gasteiger partial charge is 0.289 e. The molecule has 6 nitrogen and oxygen atoms in total. The van der Waals surface area contributed by atoms with Crippen molar-refractivity contribution in [3.8, 4) is 22.5 Å². The van der Waals surface area contributed by atoms with Gasteiger partial charge in [0.1, 0.15) is 0 Å². The Morgan fingerprint density at radius 2 is 1.66 bits per heavy atom. The zero-order valence-corrected chi connectivity index (χ0v) is 23.4. The molecular weight excluding hydrogens is 551 g/mol. The van der Waals surface area contributed by atoms with E-state index in [0.29, 0.717) is 24.2 Å². The maximum absolute atomic E-state index is 13.0. The van der Waals surface area contributed by atoms with Gasteiger partial charge in [0.2, 0.25) is 0 Å². The molecule has 5 rings (SSSR count). The number of nitrogens with one attached hydrogen (secondary N) is 1. The van der Waals surface area contributed by atoms with Crippen LogP contribution in [0.3, 0.4) is 0 Å². The highest BCUT2D eigenvalue weighted by Gasteiger charge is 2.37. The van der Waals surface area contributed by atoms with Gasteiger partial charge in [0.25, 0.3) is 10.0 Å². The predicted octanol–water partition coefficient (Wildman–Crippen LogP) is 7.91. The second-order valence-electron chi connectivity index (χ2n) is 10.4. The molecule has 1 N–H and O–H groups in total. The molecular formula is C31H30F3N3O3S. The van der Waals surface area contributed by atoms with Crippen molar-refractivity contribution in [3.63, 3.8) is 0 Å². The number of nitrogens with zero attached hydrogens (tertiary/aromatic N) is 2. The monoisotopic (exact) mass is 581 g/mol. The van der Waals surface area contributed by atoms with E-state index in [1.807, 2.05) is 48.5 Å². The summed E-state index contributed by atoms with van der Waals surface area (Å²) in [5.74, 6) is 0.143. The molecule has 214 valence electrons. The van der Waals surface area contributed by atoms with Gasteiger partial charge in [-0.2, -0.15) is 0 Å². The van der Waals surface area contributed by atoms with Gasteiger partial charge in [-0.1, -0.05) is 74.5 Å². The molecule has 4 aromatic rings. The summed E-state index contributed by atoms with van der Waals surface area (Å²) in [6.07, 6.45) is -2.95.